The average molecular weight is 508 g/mol. The van der Waals surface area contributed by atoms with Crippen molar-refractivity contribution < 1.29 is 13.5 Å². The van der Waals surface area contributed by atoms with Crippen molar-refractivity contribution in [3.8, 4) is 17.2 Å². The Balaban J connectivity index is 1.03. The van der Waals surface area contributed by atoms with E-state index < -0.39 is 0 Å². The predicted molar refractivity (Wildman–Crippen MR) is 139 cm³/mol. The van der Waals surface area contributed by atoms with Crippen molar-refractivity contribution in [3.63, 3.8) is 0 Å². The predicted octanol–water partition coefficient (Wildman–Crippen LogP) is 1.71. The third-order valence-electron chi connectivity index (χ3n) is 6.88. The zero-order chi connectivity index (χ0) is 25.4. The molecular formula is C25H30FN9O2. The van der Waals surface area contributed by atoms with Crippen LogP contribution in [-0.2, 0) is 0 Å². The summed E-state index contributed by atoms with van der Waals surface area (Å²) in [6.45, 7) is 6.39. The lowest BCUT2D eigenvalue weighted by atomic mass is 10.2. The van der Waals surface area contributed by atoms with Crippen LogP contribution in [0.1, 0.15) is 0 Å². The Bertz CT molecular complexity index is 1360. The molecule has 2 aliphatic heterocycles. The number of fused-ring (bicyclic) bond motifs is 1. The molecule has 2 fully saturated rings. The third kappa shape index (κ3) is 4.89. The highest BCUT2D eigenvalue weighted by Crippen LogP contribution is 2.26. The number of piperazine rings is 1. The summed E-state index contributed by atoms with van der Waals surface area (Å²) >= 11 is 0. The first-order valence-electron chi connectivity index (χ1n) is 12.5. The first kappa shape index (κ1) is 23.5. The van der Waals surface area contributed by atoms with Crippen LogP contribution in [0.5, 0.6) is 5.75 Å². The Morgan fingerprint density at radius 1 is 1.16 bits per heavy atom. The number of anilines is 3. The topological polar surface area (TPSA) is 113 Å². The number of likely N-dealkylation sites (N-methyl/N-ethyl adjacent to an activating group) is 1. The summed E-state index contributed by atoms with van der Waals surface area (Å²) in [6.07, 6.45) is 1.74. The van der Waals surface area contributed by atoms with E-state index in [1.807, 2.05) is 42.3 Å². The van der Waals surface area contributed by atoms with Gasteiger partial charge in [0.15, 0.2) is 11.4 Å². The summed E-state index contributed by atoms with van der Waals surface area (Å²) in [5, 5.41) is 7.59. The van der Waals surface area contributed by atoms with Gasteiger partial charge in [-0.15, -0.1) is 0 Å². The van der Waals surface area contributed by atoms with Gasteiger partial charge < -0.3 is 30.0 Å². The van der Waals surface area contributed by atoms with Crippen molar-refractivity contribution >= 4 is 23.2 Å². The maximum atomic E-state index is 14.8. The highest BCUT2D eigenvalue weighted by atomic mass is 19.1. The van der Waals surface area contributed by atoms with Crippen LogP contribution in [0.15, 0.2) is 47.1 Å². The zero-order valence-corrected chi connectivity index (χ0v) is 20.7. The minimum absolute atomic E-state index is 0.134. The van der Waals surface area contributed by atoms with Gasteiger partial charge in [0.2, 0.25) is 11.9 Å². The van der Waals surface area contributed by atoms with Crippen LogP contribution < -0.4 is 25.6 Å². The highest BCUT2D eigenvalue weighted by molar-refractivity contribution is 5.61. The standard InChI is InChI=1S/C25H30FN9O2/c1-32(25-29-23-14-20(22-3-2-12-36-22)31-35(23)24(27)30-25)6-7-33-8-10-34(11-9-33)21-5-4-17(13-19(21)26)37-18-15-28-16-18/h2-5,12-14,18,28H,6-11,15-16H2,1H3,(H2,27,29,30). The van der Waals surface area contributed by atoms with Crippen LogP contribution in [0, 0.1) is 5.82 Å². The Kier molecular flexibility index (Phi) is 6.26. The SMILES string of the molecule is CN(CCN1CCN(c2ccc(OC3CNC3)cc2F)CC1)c1nc(N)n2nc(-c3ccco3)cc2n1. The number of aromatic nitrogens is 4. The minimum Gasteiger partial charge on any atom is -0.488 e. The lowest BCUT2D eigenvalue weighted by Gasteiger charge is -2.37. The van der Waals surface area contributed by atoms with Crippen LogP contribution >= 0.6 is 0 Å². The molecule has 12 heteroatoms. The number of ether oxygens (including phenoxy) is 1. The van der Waals surface area contributed by atoms with Crippen molar-refractivity contribution in [2.24, 2.45) is 0 Å². The monoisotopic (exact) mass is 507 g/mol. The molecule has 0 unspecified atom stereocenters. The van der Waals surface area contributed by atoms with Gasteiger partial charge in [0.1, 0.15) is 23.4 Å². The van der Waals surface area contributed by atoms with Gasteiger partial charge >= 0.3 is 0 Å². The Labute approximate surface area is 213 Å². The van der Waals surface area contributed by atoms with E-state index in [9.17, 15) is 4.39 Å². The third-order valence-corrected chi connectivity index (χ3v) is 6.88. The highest BCUT2D eigenvalue weighted by Gasteiger charge is 2.22. The summed E-state index contributed by atoms with van der Waals surface area (Å²) in [4.78, 5) is 15.5. The van der Waals surface area contributed by atoms with Crippen LogP contribution in [0.3, 0.4) is 0 Å². The molecule has 0 spiro atoms. The largest absolute Gasteiger partial charge is 0.488 e. The van der Waals surface area contributed by atoms with Crippen LogP contribution in [0.25, 0.3) is 17.1 Å². The fraction of sp³-hybridized carbons (Fsp3) is 0.400. The van der Waals surface area contributed by atoms with E-state index in [1.54, 1.807) is 6.26 Å². The number of furan rings is 1. The molecule has 0 atom stereocenters. The fourth-order valence-electron chi connectivity index (χ4n) is 4.57. The lowest BCUT2D eigenvalue weighted by Crippen LogP contribution is -2.50. The molecule has 11 nitrogen and oxygen atoms in total. The lowest BCUT2D eigenvalue weighted by molar-refractivity contribution is 0.142. The normalized spacial score (nSPS) is 16.8. The van der Waals surface area contributed by atoms with Gasteiger partial charge in [0.25, 0.3) is 0 Å². The van der Waals surface area contributed by atoms with E-state index in [-0.39, 0.29) is 17.9 Å². The van der Waals surface area contributed by atoms with E-state index >= 15 is 0 Å². The second-order valence-electron chi connectivity index (χ2n) is 9.42. The second-order valence-corrected chi connectivity index (χ2v) is 9.42. The van der Waals surface area contributed by atoms with Crippen molar-refractivity contribution in [3.05, 3.63) is 48.5 Å². The molecule has 0 amide bonds. The van der Waals surface area contributed by atoms with Gasteiger partial charge in [-0.25, -0.2) is 4.39 Å². The van der Waals surface area contributed by atoms with Gasteiger partial charge in [0.05, 0.1) is 12.0 Å². The Hall–Kier alpha value is -3.90. The van der Waals surface area contributed by atoms with E-state index in [0.29, 0.717) is 34.5 Å². The molecule has 37 heavy (non-hydrogen) atoms. The van der Waals surface area contributed by atoms with Crippen LogP contribution in [-0.4, -0.2) is 90.0 Å². The molecule has 6 rings (SSSR count). The van der Waals surface area contributed by atoms with Crippen LogP contribution in [0.2, 0.25) is 0 Å². The molecule has 0 saturated carbocycles. The van der Waals surface area contributed by atoms with Gasteiger partial charge in [-0.05, 0) is 24.3 Å². The number of nitrogens with one attached hydrogen (secondary N) is 1. The number of benzene rings is 1. The fourth-order valence-corrected chi connectivity index (χ4v) is 4.57. The molecule has 4 aromatic rings. The molecule has 3 N–H and O–H groups in total. The van der Waals surface area contributed by atoms with Gasteiger partial charge in [-0.2, -0.15) is 19.6 Å². The molecule has 3 aromatic heterocycles. The van der Waals surface area contributed by atoms with E-state index in [0.717, 1.165) is 52.4 Å². The van der Waals surface area contributed by atoms with Gasteiger partial charge in [0, 0.05) is 71.5 Å². The molecule has 0 bridgehead atoms. The molecule has 0 aliphatic carbocycles. The number of nitrogens with zero attached hydrogens (tertiary/aromatic N) is 7. The molecule has 5 heterocycles. The first-order chi connectivity index (χ1) is 18.0. The zero-order valence-electron chi connectivity index (χ0n) is 20.7. The molecular weight excluding hydrogens is 477 g/mol. The average Bonchev–Trinajstić information content (AvgIpc) is 3.56. The molecule has 194 valence electrons. The summed E-state index contributed by atoms with van der Waals surface area (Å²) in [5.41, 5.74) is 8.05. The molecule has 2 aliphatic rings. The smallest absolute Gasteiger partial charge is 0.230 e. The summed E-state index contributed by atoms with van der Waals surface area (Å²) in [7, 11) is 1.95. The number of nitrogen functional groups attached to an aromatic ring is 1. The molecule has 2 saturated heterocycles. The summed E-state index contributed by atoms with van der Waals surface area (Å²) in [6, 6.07) is 10.7. The van der Waals surface area contributed by atoms with Crippen molar-refractivity contribution in [2.45, 2.75) is 6.10 Å². The summed E-state index contributed by atoms with van der Waals surface area (Å²) in [5.74, 6) is 1.80. The van der Waals surface area contributed by atoms with Crippen molar-refractivity contribution in [1.29, 1.82) is 0 Å². The van der Waals surface area contributed by atoms with E-state index in [4.69, 9.17) is 14.9 Å². The maximum Gasteiger partial charge on any atom is 0.230 e. The number of rotatable bonds is 8. The maximum absolute atomic E-state index is 14.8. The number of hydrogen-bond acceptors (Lipinski definition) is 10. The number of nitrogens with two attached hydrogens (primary N) is 1. The van der Waals surface area contributed by atoms with Gasteiger partial charge in [-0.1, -0.05) is 0 Å². The molecule has 0 radical (unpaired) electrons. The minimum atomic E-state index is -0.238. The molecule has 1 aromatic carbocycles. The quantitative estimate of drug-likeness (QED) is 0.365. The number of hydrogen-bond donors (Lipinski definition) is 2. The summed E-state index contributed by atoms with van der Waals surface area (Å²) < 4.78 is 27.5. The number of halogens is 1. The van der Waals surface area contributed by atoms with Crippen LogP contribution in [0.4, 0.5) is 22.0 Å². The van der Waals surface area contributed by atoms with Crippen molar-refractivity contribution in [1.82, 2.24) is 29.8 Å². The van der Waals surface area contributed by atoms with Crippen molar-refractivity contribution in [2.75, 3.05) is 74.9 Å². The second kappa shape index (κ2) is 9.87. The van der Waals surface area contributed by atoms with Gasteiger partial charge in [-0.3, -0.25) is 4.90 Å². The first-order valence-corrected chi connectivity index (χ1v) is 12.5. The Morgan fingerprint density at radius 3 is 2.70 bits per heavy atom. The van der Waals surface area contributed by atoms with E-state index in [2.05, 4.69) is 30.2 Å². The van der Waals surface area contributed by atoms with E-state index in [1.165, 1.54) is 10.6 Å². The Morgan fingerprint density at radius 2 is 2.00 bits per heavy atom.